The number of amides is 1. The summed E-state index contributed by atoms with van der Waals surface area (Å²) in [5, 5.41) is 7.04. The third kappa shape index (κ3) is 5.31. The van der Waals surface area contributed by atoms with Crippen molar-refractivity contribution in [2.75, 3.05) is 31.5 Å². The van der Waals surface area contributed by atoms with Crippen molar-refractivity contribution in [1.29, 1.82) is 0 Å². The lowest BCUT2D eigenvalue weighted by Crippen LogP contribution is -3.27. The quantitative estimate of drug-likeness (QED) is 0.579. The van der Waals surface area contributed by atoms with E-state index >= 15 is 0 Å². The molecule has 150 valence electrons. The molecule has 29 heavy (non-hydrogen) atoms. The van der Waals surface area contributed by atoms with E-state index in [4.69, 9.17) is 4.52 Å². The molecule has 2 aromatic carbocycles. The molecule has 1 amide bonds. The number of para-hydroxylation sites is 1. The van der Waals surface area contributed by atoms with Crippen molar-refractivity contribution in [3.63, 3.8) is 0 Å². The Kier molecular flexibility index (Phi) is 6.03. The molecule has 0 atom stereocenters. The minimum Gasteiger partial charge on any atom is -0.361 e. The van der Waals surface area contributed by atoms with E-state index in [0.29, 0.717) is 5.56 Å². The molecule has 3 aromatic rings. The first-order valence-corrected chi connectivity index (χ1v) is 10.2. The van der Waals surface area contributed by atoms with Crippen LogP contribution in [0.3, 0.4) is 0 Å². The minimum atomic E-state index is -0.0737. The Morgan fingerprint density at radius 2 is 1.62 bits per heavy atom. The molecule has 6 heteroatoms. The van der Waals surface area contributed by atoms with E-state index in [9.17, 15) is 4.79 Å². The zero-order chi connectivity index (χ0) is 20.1. The molecular weight excluding hydrogens is 364 g/mol. The minimum absolute atomic E-state index is 0.0737. The van der Waals surface area contributed by atoms with Gasteiger partial charge in [-0.2, -0.15) is 0 Å². The van der Waals surface area contributed by atoms with Crippen molar-refractivity contribution in [2.45, 2.75) is 20.0 Å². The van der Waals surface area contributed by atoms with Crippen molar-refractivity contribution >= 4 is 11.6 Å². The van der Waals surface area contributed by atoms with Gasteiger partial charge in [0.25, 0.3) is 5.91 Å². The summed E-state index contributed by atoms with van der Waals surface area (Å²) >= 11 is 0. The molecule has 6 nitrogen and oxygen atoms in total. The van der Waals surface area contributed by atoms with Crippen LogP contribution in [0.15, 0.2) is 65.2 Å². The smallest absolute Gasteiger partial charge is 0.255 e. The van der Waals surface area contributed by atoms with E-state index in [0.717, 1.165) is 56.4 Å². The highest BCUT2D eigenvalue weighted by atomic mass is 16.5. The summed E-state index contributed by atoms with van der Waals surface area (Å²) in [5.74, 6) is 0.806. The molecule has 1 aromatic heterocycles. The van der Waals surface area contributed by atoms with Gasteiger partial charge in [0.2, 0.25) is 0 Å². The van der Waals surface area contributed by atoms with Crippen molar-refractivity contribution in [3.8, 4) is 0 Å². The zero-order valence-electron chi connectivity index (χ0n) is 16.8. The summed E-state index contributed by atoms with van der Waals surface area (Å²) in [4.78, 5) is 15.5. The summed E-state index contributed by atoms with van der Waals surface area (Å²) in [7, 11) is 0. The monoisotopic (exact) mass is 392 g/mol. The molecule has 0 aliphatic carbocycles. The van der Waals surface area contributed by atoms with Crippen LogP contribution in [-0.4, -0.2) is 37.2 Å². The van der Waals surface area contributed by atoms with Crippen LogP contribution in [0.1, 0.15) is 27.4 Å². The number of carbonyl (C=O) groups is 1. The fourth-order valence-electron chi connectivity index (χ4n) is 3.86. The Balaban J connectivity index is 1.25. The van der Waals surface area contributed by atoms with E-state index in [1.807, 2.05) is 55.5 Å². The Hall–Kier alpha value is -2.96. The molecule has 4 rings (SSSR count). The number of aromatic nitrogens is 1. The predicted octanol–water partition coefficient (Wildman–Crippen LogP) is 0.719. The third-order valence-electron chi connectivity index (χ3n) is 5.47. The second-order valence-corrected chi connectivity index (χ2v) is 7.80. The Morgan fingerprint density at radius 3 is 2.24 bits per heavy atom. The topological polar surface area (TPSA) is 64.0 Å². The van der Waals surface area contributed by atoms with E-state index in [1.54, 1.807) is 9.80 Å². The van der Waals surface area contributed by atoms with Crippen LogP contribution >= 0.6 is 0 Å². The number of rotatable bonds is 6. The second-order valence-electron chi connectivity index (χ2n) is 7.80. The van der Waals surface area contributed by atoms with Gasteiger partial charge in [0.05, 0.1) is 0 Å². The van der Waals surface area contributed by atoms with E-state index < -0.39 is 0 Å². The SMILES string of the molecule is Cc1cc(C[NH+]2CC[NH+](Cc3ccc(C(=O)Nc4ccccc4)cc3)CC2)no1. The number of hydrogen-bond acceptors (Lipinski definition) is 3. The highest BCUT2D eigenvalue weighted by Crippen LogP contribution is 2.09. The normalized spacial score (nSPS) is 19.1. The number of nitrogens with one attached hydrogen (secondary N) is 3. The molecule has 0 spiro atoms. The number of carbonyl (C=O) groups excluding carboxylic acids is 1. The maximum Gasteiger partial charge on any atom is 0.255 e. The Morgan fingerprint density at radius 1 is 0.966 bits per heavy atom. The number of nitrogens with zero attached hydrogens (tertiary/aromatic N) is 1. The van der Waals surface area contributed by atoms with Crippen molar-refractivity contribution in [3.05, 3.63) is 83.2 Å². The van der Waals surface area contributed by atoms with Crippen molar-refractivity contribution in [2.24, 2.45) is 0 Å². The lowest BCUT2D eigenvalue weighted by Gasteiger charge is -2.29. The van der Waals surface area contributed by atoms with E-state index in [-0.39, 0.29) is 5.91 Å². The number of quaternary nitrogens is 2. The summed E-state index contributed by atoms with van der Waals surface area (Å²) < 4.78 is 5.17. The molecule has 0 saturated carbocycles. The highest BCUT2D eigenvalue weighted by molar-refractivity contribution is 6.04. The highest BCUT2D eigenvalue weighted by Gasteiger charge is 2.24. The maximum atomic E-state index is 12.4. The fraction of sp³-hybridized carbons (Fsp3) is 0.304. The third-order valence-corrected chi connectivity index (χ3v) is 5.47. The number of aryl methyl sites for hydroxylation is 1. The van der Waals surface area contributed by atoms with Gasteiger partial charge in [-0.25, -0.2) is 0 Å². The lowest BCUT2D eigenvalue weighted by atomic mass is 10.1. The summed E-state index contributed by atoms with van der Waals surface area (Å²) in [6, 6.07) is 19.6. The van der Waals surface area contributed by atoms with Gasteiger partial charge in [-0.1, -0.05) is 35.5 Å². The molecule has 0 radical (unpaired) electrons. The van der Waals surface area contributed by atoms with E-state index in [2.05, 4.69) is 22.6 Å². The number of anilines is 1. The standard InChI is InChI=1S/C23H26N4O2/c1-18-15-22(25-29-18)17-27-13-11-26(12-14-27)16-19-7-9-20(10-8-19)23(28)24-21-5-3-2-4-6-21/h2-10,15H,11-14,16-17H2,1H3,(H,24,28)/p+2. The largest absolute Gasteiger partial charge is 0.361 e. The molecule has 3 N–H and O–H groups in total. The molecule has 1 aliphatic rings. The van der Waals surface area contributed by atoms with Crippen LogP contribution in [0.5, 0.6) is 0 Å². The van der Waals surface area contributed by atoms with Gasteiger partial charge in [0.1, 0.15) is 50.7 Å². The van der Waals surface area contributed by atoms with Crippen LogP contribution in [0.2, 0.25) is 0 Å². The van der Waals surface area contributed by atoms with E-state index in [1.165, 1.54) is 5.56 Å². The average molecular weight is 393 g/mol. The molecular formula is C23H28N4O2+2. The Labute approximate surface area is 171 Å². The van der Waals surface area contributed by atoms with Gasteiger partial charge in [0, 0.05) is 22.9 Å². The van der Waals surface area contributed by atoms with Crippen LogP contribution in [0.25, 0.3) is 0 Å². The summed E-state index contributed by atoms with van der Waals surface area (Å²) in [6.45, 7) is 8.43. The molecule has 1 fully saturated rings. The zero-order valence-corrected chi connectivity index (χ0v) is 16.8. The fourth-order valence-corrected chi connectivity index (χ4v) is 3.86. The summed E-state index contributed by atoms with van der Waals surface area (Å²) in [6.07, 6.45) is 0. The average Bonchev–Trinajstić information content (AvgIpc) is 3.15. The van der Waals surface area contributed by atoms with Gasteiger partial charge < -0.3 is 19.6 Å². The second kappa shape index (κ2) is 9.03. The van der Waals surface area contributed by atoms with Crippen LogP contribution in [0, 0.1) is 6.92 Å². The first kappa shape index (κ1) is 19.4. The first-order chi connectivity index (χ1) is 14.2. The van der Waals surface area contributed by atoms with Gasteiger partial charge in [0.15, 0.2) is 0 Å². The van der Waals surface area contributed by atoms with Gasteiger partial charge in [-0.15, -0.1) is 0 Å². The van der Waals surface area contributed by atoms with Crippen LogP contribution < -0.4 is 15.1 Å². The molecule has 0 bridgehead atoms. The number of piperazine rings is 1. The number of hydrogen-bond donors (Lipinski definition) is 3. The molecule has 2 heterocycles. The van der Waals surface area contributed by atoms with Crippen molar-refractivity contribution < 1.29 is 19.1 Å². The molecule has 1 saturated heterocycles. The van der Waals surface area contributed by atoms with Gasteiger partial charge in [-0.05, 0) is 31.2 Å². The van der Waals surface area contributed by atoms with Gasteiger partial charge in [-0.3, -0.25) is 4.79 Å². The van der Waals surface area contributed by atoms with Gasteiger partial charge >= 0.3 is 0 Å². The van der Waals surface area contributed by atoms with Crippen LogP contribution in [0.4, 0.5) is 5.69 Å². The van der Waals surface area contributed by atoms with Crippen LogP contribution in [-0.2, 0) is 13.1 Å². The molecule has 0 unspecified atom stereocenters. The lowest BCUT2D eigenvalue weighted by molar-refractivity contribution is -1.02. The molecule has 1 aliphatic heterocycles. The van der Waals surface area contributed by atoms with Crippen molar-refractivity contribution in [1.82, 2.24) is 5.16 Å². The number of benzene rings is 2. The predicted molar refractivity (Wildman–Crippen MR) is 111 cm³/mol. The summed E-state index contributed by atoms with van der Waals surface area (Å²) in [5.41, 5.74) is 3.81. The maximum absolute atomic E-state index is 12.4. The first-order valence-electron chi connectivity index (χ1n) is 10.2. The Bertz CT molecular complexity index is 929.